The number of hydrogen-bond donors (Lipinski definition) is 0. The lowest BCUT2D eigenvalue weighted by Crippen LogP contribution is -2.65. The second-order valence-electron chi connectivity index (χ2n) is 16.1. The highest BCUT2D eigenvalue weighted by atomic mass is 32.2. The van der Waals surface area contributed by atoms with Gasteiger partial charge in [-0.25, -0.2) is 9.59 Å². The van der Waals surface area contributed by atoms with Crippen LogP contribution >= 0.6 is 11.8 Å². The van der Waals surface area contributed by atoms with E-state index in [0.29, 0.717) is 47.6 Å². The Morgan fingerprint density at radius 3 is 2.49 bits per heavy atom. The molecule has 7 aliphatic rings. The first-order valence-electron chi connectivity index (χ1n) is 16.0. The van der Waals surface area contributed by atoms with Crippen molar-refractivity contribution in [3.05, 3.63) is 23.3 Å². The van der Waals surface area contributed by atoms with E-state index >= 15 is 0 Å². The zero-order valence-corrected chi connectivity index (χ0v) is 27.8. The number of esters is 1. The summed E-state index contributed by atoms with van der Waals surface area (Å²) >= 11 is 1.65. The summed E-state index contributed by atoms with van der Waals surface area (Å²) in [7, 11) is -0.227. The standard InChI is InChI=1S/C33H46BNO7S/c1-17(18-15-35(16-18)29(37)40-30(2,3)4)43-23-11-10-20(27-26(23)28(36)39-32(7,8)38-27)21-14-22(21)34-41-25-13-19-12-24(31(19,5)6)33(25,9)42-34/h10-11,17-19,21-22,24-25H,12-16H2,1-9H3/t17-,19+,21+,22+,24+,25-,33-/m0/s1. The number of carbonyl (C=O) groups is 2. The summed E-state index contributed by atoms with van der Waals surface area (Å²) in [6, 6.07) is 4.18. The number of rotatable bonds is 5. The van der Waals surface area contributed by atoms with Crippen molar-refractivity contribution >= 4 is 30.9 Å². The Hall–Kier alpha value is -1.91. The number of hydrogen-bond acceptors (Lipinski definition) is 8. The lowest BCUT2D eigenvalue weighted by Gasteiger charge is -2.64. The number of cyclic esters (lactones) is 1. The third kappa shape index (κ3) is 4.89. The molecule has 0 spiro atoms. The molecular formula is C33H46BNO7S. The third-order valence-corrected chi connectivity index (χ3v) is 12.5. The summed E-state index contributed by atoms with van der Waals surface area (Å²) in [6.07, 6.45) is 3.15. The van der Waals surface area contributed by atoms with Gasteiger partial charge in [0.2, 0.25) is 5.79 Å². The molecule has 1 amide bonds. The Kier molecular flexibility index (Phi) is 6.62. The van der Waals surface area contributed by atoms with Crippen molar-refractivity contribution in [2.75, 3.05) is 13.1 Å². The molecule has 0 aromatic heterocycles. The number of nitrogens with zero attached hydrogens (tertiary/aromatic N) is 1. The third-order valence-electron chi connectivity index (χ3n) is 11.1. The number of thioether (sulfide) groups is 1. The van der Waals surface area contributed by atoms with Crippen LogP contribution in [0.1, 0.15) is 103 Å². The zero-order chi connectivity index (χ0) is 30.9. The Labute approximate surface area is 260 Å². The van der Waals surface area contributed by atoms with Gasteiger partial charge in [-0.2, -0.15) is 0 Å². The molecule has 0 radical (unpaired) electrons. The van der Waals surface area contributed by atoms with Gasteiger partial charge < -0.3 is 28.4 Å². The van der Waals surface area contributed by atoms with Gasteiger partial charge in [-0.05, 0) is 81.8 Å². The summed E-state index contributed by atoms with van der Waals surface area (Å²) < 4.78 is 31.1. The van der Waals surface area contributed by atoms with E-state index in [1.54, 1.807) is 30.5 Å². The van der Waals surface area contributed by atoms with Crippen LogP contribution in [0.25, 0.3) is 0 Å². The highest BCUT2D eigenvalue weighted by molar-refractivity contribution is 8.00. The molecule has 4 saturated carbocycles. The fourth-order valence-electron chi connectivity index (χ4n) is 8.35. The Morgan fingerprint density at radius 1 is 1.09 bits per heavy atom. The molecule has 0 unspecified atom stereocenters. The highest BCUT2D eigenvalue weighted by Gasteiger charge is 2.70. The van der Waals surface area contributed by atoms with Crippen LogP contribution in [-0.4, -0.2) is 65.5 Å². The molecule has 0 N–H and O–H groups in total. The molecule has 43 heavy (non-hydrogen) atoms. The van der Waals surface area contributed by atoms with Crippen molar-refractivity contribution in [3.63, 3.8) is 0 Å². The van der Waals surface area contributed by atoms with Crippen LogP contribution in [0, 0.1) is 23.2 Å². The molecule has 3 heterocycles. The molecule has 234 valence electrons. The average Bonchev–Trinajstić information content (AvgIpc) is 3.54. The predicted octanol–water partition coefficient (Wildman–Crippen LogP) is 6.91. The van der Waals surface area contributed by atoms with E-state index in [-0.39, 0.29) is 47.9 Å². The van der Waals surface area contributed by atoms with Gasteiger partial charge in [-0.15, -0.1) is 11.8 Å². The summed E-state index contributed by atoms with van der Waals surface area (Å²) in [4.78, 5) is 28.5. The number of benzene rings is 1. The van der Waals surface area contributed by atoms with E-state index < -0.39 is 11.4 Å². The van der Waals surface area contributed by atoms with E-state index in [1.807, 2.05) is 26.8 Å². The molecule has 6 fully saturated rings. The minimum absolute atomic E-state index is 0.160. The lowest BCUT2D eigenvalue weighted by atomic mass is 9.43. The maximum atomic E-state index is 13.4. The van der Waals surface area contributed by atoms with Crippen LogP contribution in [0.4, 0.5) is 4.79 Å². The lowest BCUT2D eigenvalue weighted by molar-refractivity contribution is -0.199. The normalized spacial score (nSPS) is 35.9. The van der Waals surface area contributed by atoms with E-state index in [9.17, 15) is 9.59 Å². The smallest absolute Gasteiger partial charge is 0.452 e. The van der Waals surface area contributed by atoms with Crippen molar-refractivity contribution in [3.8, 4) is 5.75 Å². The largest absolute Gasteiger partial charge is 0.461 e. The Balaban J connectivity index is 1.07. The van der Waals surface area contributed by atoms with Gasteiger partial charge in [0.05, 0.1) is 11.7 Å². The maximum Gasteiger partial charge on any atom is 0.461 e. The van der Waals surface area contributed by atoms with Gasteiger partial charge in [0.15, 0.2) is 0 Å². The Bertz CT molecular complexity index is 1350. The number of carbonyl (C=O) groups excluding carboxylic acids is 2. The van der Waals surface area contributed by atoms with Crippen molar-refractivity contribution in [2.24, 2.45) is 23.2 Å². The molecule has 10 heteroatoms. The predicted molar refractivity (Wildman–Crippen MR) is 164 cm³/mol. The van der Waals surface area contributed by atoms with Crippen LogP contribution in [0.3, 0.4) is 0 Å². The minimum Gasteiger partial charge on any atom is -0.452 e. The first kappa shape index (κ1) is 29.8. The molecule has 7 atom stereocenters. The van der Waals surface area contributed by atoms with Crippen LogP contribution in [0.2, 0.25) is 5.82 Å². The molecular weight excluding hydrogens is 565 g/mol. The molecule has 2 bridgehead atoms. The molecule has 8 nitrogen and oxygen atoms in total. The second kappa shape index (κ2) is 9.55. The number of ether oxygens (including phenoxy) is 3. The average molecular weight is 612 g/mol. The van der Waals surface area contributed by atoms with Crippen molar-refractivity contribution in [1.82, 2.24) is 4.90 Å². The van der Waals surface area contributed by atoms with Gasteiger partial charge in [0, 0.05) is 48.8 Å². The molecule has 8 rings (SSSR count). The summed E-state index contributed by atoms with van der Waals surface area (Å²) in [5.74, 6) is 1.24. The molecule has 1 aromatic carbocycles. The Morgan fingerprint density at radius 2 is 1.81 bits per heavy atom. The molecule has 2 saturated heterocycles. The van der Waals surface area contributed by atoms with E-state index in [1.165, 1.54) is 6.42 Å². The first-order valence-corrected chi connectivity index (χ1v) is 16.9. The van der Waals surface area contributed by atoms with Crippen molar-refractivity contribution in [2.45, 2.75) is 127 Å². The zero-order valence-electron chi connectivity index (χ0n) is 27.0. The highest BCUT2D eigenvalue weighted by Crippen LogP contribution is 2.68. The van der Waals surface area contributed by atoms with Crippen LogP contribution < -0.4 is 4.74 Å². The van der Waals surface area contributed by atoms with Crippen LogP contribution in [0.5, 0.6) is 5.75 Å². The van der Waals surface area contributed by atoms with Crippen LogP contribution in [-0.2, 0) is 18.8 Å². The quantitative estimate of drug-likeness (QED) is 0.202. The summed E-state index contributed by atoms with van der Waals surface area (Å²) in [5, 5.41) is 0.185. The van der Waals surface area contributed by atoms with Gasteiger partial charge >= 0.3 is 19.2 Å². The van der Waals surface area contributed by atoms with Gasteiger partial charge in [-0.1, -0.05) is 26.8 Å². The first-order chi connectivity index (χ1) is 20.0. The van der Waals surface area contributed by atoms with Gasteiger partial charge in [-0.3, -0.25) is 0 Å². The molecule has 3 aliphatic heterocycles. The number of likely N-dealkylation sites (tertiary alicyclic amines) is 1. The summed E-state index contributed by atoms with van der Waals surface area (Å²) in [6.45, 7) is 19.7. The molecule has 1 aromatic rings. The van der Waals surface area contributed by atoms with Crippen molar-refractivity contribution < 1.29 is 33.1 Å². The second-order valence-corrected chi connectivity index (χ2v) is 17.5. The van der Waals surface area contributed by atoms with E-state index in [2.05, 4.69) is 33.8 Å². The maximum absolute atomic E-state index is 13.4. The fourth-order valence-corrected chi connectivity index (χ4v) is 9.56. The monoisotopic (exact) mass is 611 g/mol. The topological polar surface area (TPSA) is 83.5 Å². The SMILES string of the molecule is C[C@H](Sc1ccc([C@H]2C[C@H]2B2O[C@H]3C[C@H]4C[C@H](C4(C)C)[C@]3(C)O2)c2c1C(=O)OC(C)(C)O2)C1CN(C(=O)OC(C)(C)C)C1. The summed E-state index contributed by atoms with van der Waals surface area (Å²) in [5.41, 5.74) is 1.12. The van der Waals surface area contributed by atoms with Crippen LogP contribution in [0.15, 0.2) is 17.0 Å². The van der Waals surface area contributed by atoms with Gasteiger partial charge in [0.1, 0.15) is 16.9 Å². The number of fused-ring (bicyclic) bond motifs is 1. The van der Waals surface area contributed by atoms with E-state index in [0.717, 1.165) is 23.3 Å². The van der Waals surface area contributed by atoms with Gasteiger partial charge in [0.25, 0.3) is 0 Å². The minimum atomic E-state index is -1.05. The fraction of sp³-hybridized carbons (Fsp3) is 0.758. The number of amides is 1. The molecule has 4 aliphatic carbocycles. The van der Waals surface area contributed by atoms with Crippen molar-refractivity contribution in [1.29, 1.82) is 0 Å². The van der Waals surface area contributed by atoms with E-state index in [4.69, 9.17) is 23.5 Å².